The smallest absolute Gasteiger partial charge is 0.326 e. The van der Waals surface area contributed by atoms with Crippen molar-refractivity contribution in [3.8, 4) is 0 Å². The van der Waals surface area contributed by atoms with E-state index in [1.165, 1.54) is 12.4 Å². The SMILES string of the molecule is CSCC[C@@H](Nc1cc(Cl)ncn1)C(=O)O. The largest absolute Gasteiger partial charge is 0.480 e. The highest BCUT2D eigenvalue weighted by atomic mass is 35.5. The fourth-order valence-electron chi connectivity index (χ4n) is 1.08. The highest BCUT2D eigenvalue weighted by Crippen LogP contribution is 2.12. The van der Waals surface area contributed by atoms with Gasteiger partial charge in [-0.2, -0.15) is 11.8 Å². The number of halogens is 1. The quantitative estimate of drug-likeness (QED) is 0.760. The Morgan fingerprint density at radius 1 is 1.69 bits per heavy atom. The van der Waals surface area contributed by atoms with Crippen LogP contribution in [0, 0.1) is 0 Å². The maximum atomic E-state index is 10.9. The molecule has 0 unspecified atom stereocenters. The van der Waals surface area contributed by atoms with Crippen LogP contribution in [0.3, 0.4) is 0 Å². The van der Waals surface area contributed by atoms with Crippen molar-refractivity contribution in [2.45, 2.75) is 12.5 Å². The predicted molar refractivity (Wildman–Crippen MR) is 65.1 cm³/mol. The Morgan fingerprint density at radius 2 is 2.44 bits per heavy atom. The third-order valence-corrected chi connectivity index (χ3v) is 2.72. The summed E-state index contributed by atoms with van der Waals surface area (Å²) < 4.78 is 0. The summed E-state index contributed by atoms with van der Waals surface area (Å²) in [7, 11) is 0. The van der Waals surface area contributed by atoms with Gasteiger partial charge in [-0.25, -0.2) is 14.8 Å². The molecule has 88 valence electrons. The first-order valence-electron chi connectivity index (χ1n) is 4.59. The van der Waals surface area contributed by atoms with Crippen molar-refractivity contribution in [1.82, 2.24) is 9.97 Å². The van der Waals surface area contributed by atoms with Crippen LogP contribution in [-0.2, 0) is 4.79 Å². The Kier molecular flexibility index (Phi) is 5.34. The Bertz CT molecular complexity index is 364. The maximum absolute atomic E-state index is 10.9. The zero-order chi connectivity index (χ0) is 12.0. The Morgan fingerprint density at radius 3 is 3.00 bits per heavy atom. The van der Waals surface area contributed by atoms with Gasteiger partial charge in [0.25, 0.3) is 0 Å². The first-order chi connectivity index (χ1) is 7.63. The van der Waals surface area contributed by atoms with Gasteiger partial charge in [-0.1, -0.05) is 11.6 Å². The van der Waals surface area contributed by atoms with Crippen molar-refractivity contribution in [3.05, 3.63) is 17.5 Å². The number of hydrogen-bond acceptors (Lipinski definition) is 5. The second-order valence-corrected chi connectivity index (χ2v) is 4.42. The molecule has 0 spiro atoms. The molecule has 1 aromatic heterocycles. The number of carboxylic acid groups (broad SMARTS) is 1. The van der Waals surface area contributed by atoms with Gasteiger partial charge >= 0.3 is 5.97 Å². The molecule has 16 heavy (non-hydrogen) atoms. The molecule has 1 aromatic rings. The molecule has 0 aliphatic rings. The van der Waals surface area contributed by atoms with E-state index in [1.54, 1.807) is 11.8 Å². The van der Waals surface area contributed by atoms with E-state index in [4.69, 9.17) is 16.7 Å². The van der Waals surface area contributed by atoms with Crippen molar-refractivity contribution in [1.29, 1.82) is 0 Å². The Labute approximate surface area is 103 Å². The number of aliphatic carboxylic acids is 1. The lowest BCUT2D eigenvalue weighted by atomic mass is 10.2. The minimum absolute atomic E-state index is 0.284. The Balaban J connectivity index is 2.64. The molecule has 0 bridgehead atoms. The summed E-state index contributed by atoms with van der Waals surface area (Å²) in [6, 6.07) is 0.842. The highest BCUT2D eigenvalue weighted by Gasteiger charge is 2.17. The summed E-state index contributed by atoms with van der Waals surface area (Å²) in [4.78, 5) is 18.6. The van der Waals surface area contributed by atoms with Crippen LogP contribution in [0.5, 0.6) is 0 Å². The predicted octanol–water partition coefficient (Wildman–Crippen LogP) is 1.75. The molecular weight excluding hydrogens is 250 g/mol. The van der Waals surface area contributed by atoms with Crippen molar-refractivity contribution in [2.24, 2.45) is 0 Å². The monoisotopic (exact) mass is 261 g/mol. The fourth-order valence-corrected chi connectivity index (χ4v) is 1.70. The van der Waals surface area contributed by atoms with Crippen molar-refractivity contribution >= 4 is 35.1 Å². The number of hydrogen-bond donors (Lipinski definition) is 2. The molecule has 0 aliphatic carbocycles. The normalized spacial score (nSPS) is 12.1. The van der Waals surface area contributed by atoms with Gasteiger partial charge in [0.05, 0.1) is 0 Å². The molecule has 0 radical (unpaired) electrons. The van der Waals surface area contributed by atoms with Crippen molar-refractivity contribution in [2.75, 3.05) is 17.3 Å². The van der Waals surface area contributed by atoms with Gasteiger partial charge < -0.3 is 10.4 Å². The molecule has 0 fully saturated rings. The zero-order valence-corrected chi connectivity index (χ0v) is 10.3. The number of thioether (sulfide) groups is 1. The first kappa shape index (κ1) is 13.1. The average Bonchev–Trinajstić information content (AvgIpc) is 2.24. The van der Waals surface area contributed by atoms with E-state index in [1.807, 2.05) is 6.26 Å². The topological polar surface area (TPSA) is 75.1 Å². The van der Waals surface area contributed by atoms with Crippen molar-refractivity contribution < 1.29 is 9.90 Å². The second kappa shape index (κ2) is 6.55. The lowest BCUT2D eigenvalue weighted by molar-refractivity contribution is -0.137. The highest BCUT2D eigenvalue weighted by molar-refractivity contribution is 7.98. The van der Waals surface area contributed by atoms with Gasteiger partial charge in [0.15, 0.2) is 0 Å². The van der Waals surface area contributed by atoms with Gasteiger partial charge in [0.2, 0.25) is 0 Å². The van der Waals surface area contributed by atoms with E-state index in [9.17, 15) is 4.79 Å². The van der Waals surface area contributed by atoms with Crippen LogP contribution >= 0.6 is 23.4 Å². The van der Waals surface area contributed by atoms with E-state index in [-0.39, 0.29) is 5.15 Å². The van der Waals surface area contributed by atoms with Gasteiger partial charge in [-0.15, -0.1) is 0 Å². The van der Waals surface area contributed by atoms with Crippen LogP contribution in [0.15, 0.2) is 12.4 Å². The fraction of sp³-hybridized carbons (Fsp3) is 0.444. The third kappa shape index (κ3) is 4.24. The molecule has 7 heteroatoms. The van der Waals surface area contributed by atoms with Crippen LogP contribution < -0.4 is 5.32 Å². The summed E-state index contributed by atoms with van der Waals surface area (Å²) in [6.07, 6.45) is 3.75. The lowest BCUT2D eigenvalue weighted by Crippen LogP contribution is -2.30. The molecule has 0 aromatic carbocycles. The lowest BCUT2D eigenvalue weighted by Gasteiger charge is -2.14. The van der Waals surface area contributed by atoms with E-state index in [0.29, 0.717) is 12.2 Å². The first-order valence-corrected chi connectivity index (χ1v) is 6.36. The molecule has 0 aliphatic heterocycles. The molecular formula is C9H12ClN3O2S. The van der Waals surface area contributed by atoms with E-state index < -0.39 is 12.0 Å². The molecule has 0 saturated carbocycles. The number of carboxylic acids is 1. The molecule has 2 N–H and O–H groups in total. The summed E-state index contributed by atoms with van der Waals surface area (Å²) in [5.74, 6) is 0.292. The van der Waals surface area contributed by atoms with Crippen LogP contribution in [0.2, 0.25) is 5.15 Å². The number of anilines is 1. The van der Waals surface area contributed by atoms with Gasteiger partial charge in [0, 0.05) is 6.07 Å². The number of aromatic nitrogens is 2. The minimum Gasteiger partial charge on any atom is -0.480 e. The van der Waals surface area contributed by atoms with E-state index in [0.717, 1.165) is 5.75 Å². The number of carbonyl (C=O) groups is 1. The summed E-state index contributed by atoms with van der Waals surface area (Å²) in [6.45, 7) is 0. The number of nitrogens with zero attached hydrogens (tertiary/aromatic N) is 2. The van der Waals surface area contributed by atoms with Crippen LogP contribution in [0.1, 0.15) is 6.42 Å². The van der Waals surface area contributed by atoms with Crippen LogP contribution in [0.4, 0.5) is 5.82 Å². The molecule has 1 rings (SSSR count). The molecule has 0 saturated heterocycles. The van der Waals surface area contributed by atoms with E-state index >= 15 is 0 Å². The van der Waals surface area contributed by atoms with Gasteiger partial charge in [-0.05, 0) is 18.4 Å². The van der Waals surface area contributed by atoms with E-state index in [2.05, 4.69) is 15.3 Å². The molecule has 1 atom stereocenters. The standard InChI is InChI=1S/C9H12ClN3O2S/c1-16-3-2-6(9(14)15)13-8-4-7(10)11-5-12-8/h4-6H,2-3H2,1H3,(H,14,15)(H,11,12,13)/t6-/m1/s1. The Hall–Kier alpha value is -1.01. The van der Waals surface area contributed by atoms with Gasteiger partial charge in [-0.3, -0.25) is 0 Å². The number of nitrogens with one attached hydrogen (secondary N) is 1. The van der Waals surface area contributed by atoms with Crippen LogP contribution in [0.25, 0.3) is 0 Å². The summed E-state index contributed by atoms with van der Waals surface area (Å²) in [5, 5.41) is 12.1. The minimum atomic E-state index is -0.899. The number of rotatable bonds is 6. The molecule has 0 amide bonds. The van der Waals surface area contributed by atoms with Gasteiger partial charge in [0.1, 0.15) is 23.3 Å². The molecule has 5 nitrogen and oxygen atoms in total. The summed E-state index contributed by atoms with van der Waals surface area (Å²) in [5.41, 5.74) is 0. The maximum Gasteiger partial charge on any atom is 0.326 e. The van der Waals surface area contributed by atoms with Crippen molar-refractivity contribution in [3.63, 3.8) is 0 Å². The summed E-state index contributed by atoms with van der Waals surface area (Å²) >= 11 is 7.27. The average molecular weight is 262 g/mol. The third-order valence-electron chi connectivity index (χ3n) is 1.86. The zero-order valence-electron chi connectivity index (χ0n) is 8.68. The van der Waals surface area contributed by atoms with Crippen LogP contribution in [-0.4, -0.2) is 39.1 Å². The molecule has 1 heterocycles. The second-order valence-electron chi connectivity index (χ2n) is 3.04.